The number of rotatable bonds is 0. The average molecular weight is 205 g/mol. The van der Waals surface area contributed by atoms with Crippen LogP contribution in [0.5, 0.6) is 0 Å². The molecule has 0 fully saturated rings. The van der Waals surface area contributed by atoms with Crippen molar-refractivity contribution in [3.8, 4) is 0 Å². The van der Waals surface area contributed by atoms with Crippen LogP contribution in [-0.4, -0.2) is 32.9 Å². The molecule has 0 aromatic rings. The van der Waals surface area contributed by atoms with Gasteiger partial charge in [0.15, 0.2) is 0 Å². The molecule has 0 saturated heterocycles. The van der Waals surface area contributed by atoms with Gasteiger partial charge in [0.1, 0.15) is 0 Å². The van der Waals surface area contributed by atoms with Gasteiger partial charge in [-0.1, -0.05) is 0 Å². The predicted molar refractivity (Wildman–Crippen MR) is 11.6 cm³/mol. The van der Waals surface area contributed by atoms with E-state index in [1.165, 1.54) is 0 Å². The van der Waals surface area contributed by atoms with E-state index in [0.29, 0.717) is 0 Å². The third-order valence-electron chi connectivity index (χ3n) is 0. The third-order valence-corrected chi connectivity index (χ3v) is 0. The number of hydrogen-bond acceptors (Lipinski definition) is 6. The van der Waals surface area contributed by atoms with E-state index in [4.69, 9.17) is 0 Å². The molecular weight excluding hydrogens is 199 g/mol. The molecule has 0 unspecified atom stereocenters. The van der Waals surface area contributed by atoms with E-state index in [1.54, 1.807) is 0 Å². The van der Waals surface area contributed by atoms with Crippen LogP contribution in [0.15, 0.2) is 0 Å². The van der Waals surface area contributed by atoms with Crippen LogP contribution < -0.4 is 0 Å². The van der Waals surface area contributed by atoms with Crippen LogP contribution in [0.4, 0.5) is 0 Å². The maximum absolute atomic E-state index is 0. The van der Waals surface area contributed by atoms with Gasteiger partial charge in [0.25, 0.3) is 0 Å². The van der Waals surface area contributed by atoms with Crippen LogP contribution in [0, 0.1) is 0 Å². The fraction of sp³-hybridized carbons (Fsp3) is 0. The first-order valence-electron chi connectivity index (χ1n) is 0. The minimum absolute atomic E-state index is 0. The van der Waals surface area contributed by atoms with Crippen molar-refractivity contribution in [2.45, 2.75) is 0 Å². The fourth-order valence-electron chi connectivity index (χ4n) is 0. The van der Waals surface area contributed by atoms with Crippen molar-refractivity contribution < 1.29 is 71.6 Å². The molecule has 8 heavy (non-hydrogen) atoms. The zero-order valence-corrected chi connectivity index (χ0v) is 6.30. The van der Waals surface area contributed by atoms with Gasteiger partial charge >= 0.3 is 38.8 Å². The fourth-order valence-corrected chi connectivity index (χ4v) is 0. The van der Waals surface area contributed by atoms with Crippen molar-refractivity contribution >= 4 is 0 Å². The summed E-state index contributed by atoms with van der Waals surface area (Å²) in [7, 11) is 0. The van der Waals surface area contributed by atoms with Crippen LogP contribution in [0.25, 0.3) is 0 Å². The molecule has 1 radical (unpaired) electrons. The molecule has 0 heterocycles. The van der Waals surface area contributed by atoms with Crippen molar-refractivity contribution in [2.75, 3.05) is 0 Å². The van der Waals surface area contributed by atoms with E-state index in [9.17, 15) is 0 Å². The van der Waals surface area contributed by atoms with Crippen molar-refractivity contribution in [3.63, 3.8) is 0 Å². The predicted octanol–water partition coefficient (Wildman–Crippen LogP) is -1.07. The van der Waals surface area contributed by atoms with Crippen molar-refractivity contribution in [3.05, 3.63) is 0 Å². The van der Waals surface area contributed by atoms with Gasteiger partial charge in [0.05, 0.1) is 0 Å². The summed E-state index contributed by atoms with van der Waals surface area (Å²) in [5.74, 6) is 0. The van der Waals surface area contributed by atoms with E-state index in [1.807, 2.05) is 0 Å². The summed E-state index contributed by atoms with van der Waals surface area (Å²) in [6.07, 6.45) is 0. The van der Waals surface area contributed by atoms with Crippen LogP contribution in [0.1, 0.15) is 0 Å². The summed E-state index contributed by atoms with van der Waals surface area (Å²) in [5.41, 5.74) is 0. The van der Waals surface area contributed by atoms with E-state index >= 15 is 0 Å². The van der Waals surface area contributed by atoms with E-state index < -0.39 is 0 Å². The summed E-state index contributed by atoms with van der Waals surface area (Å²) < 4.78 is 0. The van der Waals surface area contributed by atoms with Gasteiger partial charge in [-0.25, -0.2) is 0 Å². The molecule has 0 saturated carbocycles. The van der Waals surface area contributed by atoms with E-state index in [2.05, 4.69) is 0 Å². The van der Waals surface area contributed by atoms with E-state index in [-0.39, 0.29) is 71.6 Å². The summed E-state index contributed by atoms with van der Waals surface area (Å²) >= 11 is 0. The minimum atomic E-state index is 0. The Morgan fingerprint density at radius 1 is 0.375 bits per heavy atom. The first-order chi connectivity index (χ1) is 0. The molecule has 8 heteroatoms. The molecule has 0 bridgehead atoms. The van der Waals surface area contributed by atoms with Gasteiger partial charge in [-0.2, -0.15) is 0 Å². The van der Waals surface area contributed by atoms with Gasteiger partial charge in [0.2, 0.25) is 0 Å². The minimum Gasteiger partial charge on any atom is -0.870 e. The zero-order chi connectivity index (χ0) is 0. The summed E-state index contributed by atoms with van der Waals surface area (Å²) in [4.78, 5) is 0. The molecular formula is H6MnO6Ti. The molecule has 0 aliphatic heterocycles. The van der Waals surface area contributed by atoms with Crippen molar-refractivity contribution in [2.24, 2.45) is 0 Å². The molecule has 0 amide bonds. The van der Waals surface area contributed by atoms with Crippen LogP contribution in [0.2, 0.25) is 0 Å². The van der Waals surface area contributed by atoms with Crippen LogP contribution in [0.3, 0.4) is 0 Å². The summed E-state index contributed by atoms with van der Waals surface area (Å²) in [6, 6.07) is 0. The van der Waals surface area contributed by atoms with Crippen LogP contribution in [-0.2, 0) is 38.8 Å². The molecule has 0 aromatic heterocycles. The standard InChI is InChI=1S/Mn.6H2O.Ti/h;6*1H2;/q+2;;;;;;;+4/p-6. The van der Waals surface area contributed by atoms with Crippen molar-refractivity contribution in [1.82, 2.24) is 0 Å². The van der Waals surface area contributed by atoms with Crippen molar-refractivity contribution in [1.29, 1.82) is 0 Å². The molecule has 6 N–H and O–H groups in total. The smallest absolute Gasteiger partial charge is 0.870 e. The first kappa shape index (κ1) is 582. The Labute approximate surface area is 71.9 Å². The molecule has 0 aliphatic rings. The molecule has 0 aliphatic carbocycles. The monoisotopic (exact) mass is 205 g/mol. The maximum Gasteiger partial charge on any atom is 4.00 e. The second-order valence-corrected chi connectivity index (χ2v) is 0. The van der Waals surface area contributed by atoms with Gasteiger partial charge in [0, 0.05) is 0 Å². The zero-order valence-electron chi connectivity index (χ0n) is 3.56. The summed E-state index contributed by atoms with van der Waals surface area (Å²) in [6.45, 7) is 0. The molecule has 0 atom stereocenters. The number of hydrogen-bond donors (Lipinski definition) is 0. The molecule has 0 rings (SSSR count). The summed E-state index contributed by atoms with van der Waals surface area (Å²) in [5, 5.41) is 0. The molecule has 6 nitrogen and oxygen atoms in total. The van der Waals surface area contributed by atoms with Gasteiger partial charge in [-0.15, -0.1) is 0 Å². The molecule has 53 valence electrons. The van der Waals surface area contributed by atoms with Gasteiger partial charge in [-0.3, -0.25) is 0 Å². The Bertz CT molecular complexity index is 8.49. The largest absolute Gasteiger partial charge is 4.00 e. The van der Waals surface area contributed by atoms with Crippen LogP contribution >= 0.6 is 0 Å². The first-order valence-corrected chi connectivity index (χ1v) is 0. The molecule has 0 spiro atoms. The Morgan fingerprint density at radius 3 is 0.375 bits per heavy atom. The van der Waals surface area contributed by atoms with Gasteiger partial charge < -0.3 is 32.9 Å². The second kappa shape index (κ2) is 396. The Hall–Kier alpha value is 0.994. The Balaban J connectivity index is 0. The normalized spacial score (nSPS) is 0. The SMILES string of the molecule is [Mn+2].[OH-].[OH-].[OH-].[OH-].[OH-].[OH-].[Ti+4]. The third kappa shape index (κ3) is 254. The van der Waals surface area contributed by atoms with Gasteiger partial charge in [-0.05, 0) is 0 Å². The maximum atomic E-state index is 0. The topological polar surface area (TPSA) is 180 Å². The average Bonchev–Trinajstić information content (AvgIpc) is 0. The quantitative estimate of drug-likeness (QED) is 0.453. The molecule has 0 aromatic carbocycles. The van der Waals surface area contributed by atoms with E-state index in [0.717, 1.165) is 0 Å². The Morgan fingerprint density at radius 2 is 0.375 bits per heavy atom. The second-order valence-electron chi connectivity index (χ2n) is 0. The Kier molecular flexibility index (Phi) is 28800.